The summed E-state index contributed by atoms with van der Waals surface area (Å²) in [6, 6.07) is 0. The molecule has 1 nitrogen and oxygen atoms in total. The fourth-order valence-electron chi connectivity index (χ4n) is 9.82. The highest BCUT2D eigenvalue weighted by Crippen LogP contribution is 2.66. The lowest BCUT2D eigenvalue weighted by atomic mass is 9.41. The molecule has 2 spiro atoms. The largest absolute Gasteiger partial charge is 0.298 e. The lowest BCUT2D eigenvalue weighted by Gasteiger charge is -2.62. The Morgan fingerprint density at radius 2 is 1.03 bits per heavy atom. The van der Waals surface area contributed by atoms with E-state index in [4.69, 9.17) is 0 Å². The number of hydrogen-bond acceptors (Lipinski definition) is 1. The lowest BCUT2D eigenvalue weighted by molar-refractivity contribution is -0.194. The molecule has 0 amide bonds. The Labute approximate surface area is 203 Å². The van der Waals surface area contributed by atoms with Crippen molar-refractivity contribution in [2.24, 2.45) is 46.3 Å². The molecule has 0 aliphatic heterocycles. The van der Waals surface area contributed by atoms with Gasteiger partial charge in [0.25, 0.3) is 0 Å². The summed E-state index contributed by atoms with van der Waals surface area (Å²) in [7, 11) is 0. The van der Waals surface area contributed by atoms with Crippen LogP contribution in [0.5, 0.6) is 0 Å². The van der Waals surface area contributed by atoms with Crippen LogP contribution in [0.3, 0.4) is 0 Å². The summed E-state index contributed by atoms with van der Waals surface area (Å²) < 4.78 is 16.0. The smallest absolute Gasteiger partial charge is 0.151 e. The van der Waals surface area contributed by atoms with Gasteiger partial charge < -0.3 is 0 Å². The number of ketones is 1. The summed E-state index contributed by atoms with van der Waals surface area (Å²) in [5.74, 6) is 5.53. The van der Waals surface area contributed by atoms with Crippen LogP contribution in [-0.4, -0.2) is 12.0 Å². The van der Waals surface area contributed by atoms with Crippen LogP contribution < -0.4 is 0 Å². The first-order valence-corrected chi connectivity index (χ1v) is 15.2. The Kier molecular flexibility index (Phi) is 7.31. The number of hydrogen-bond donors (Lipinski definition) is 0. The third-order valence-corrected chi connectivity index (χ3v) is 12.1. The second kappa shape index (κ2) is 9.93. The molecule has 5 fully saturated rings. The van der Waals surface area contributed by atoms with Gasteiger partial charge in [0.15, 0.2) is 5.78 Å². The number of halogens is 1. The third kappa shape index (κ3) is 4.26. The zero-order chi connectivity index (χ0) is 23.1. The minimum absolute atomic E-state index is 0.376. The van der Waals surface area contributed by atoms with Crippen molar-refractivity contribution in [1.82, 2.24) is 0 Å². The first kappa shape index (κ1) is 24.3. The molecule has 33 heavy (non-hydrogen) atoms. The molecule has 0 heterocycles. The maximum Gasteiger partial charge on any atom is 0.151 e. The summed E-state index contributed by atoms with van der Waals surface area (Å²) in [6.07, 6.45) is 22.3. The van der Waals surface area contributed by atoms with E-state index < -0.39 is 17.0 Å². The number of carbonyl (C=O) groups excluding carboxylic acids is 1. The highest BCUT2D eigenvalue weighted by Gasteiger charge is 2.71. The van der Waals surface area contributed by atoms with E-state index in [9.17, 15) is 4.79 Å². The zero-order valence-electron chi connectivity index (χ0n) is 21.8. The van der Waals surface area contributed by atoms with Crippen LogP contribution in [0, 0.1) is 46.3 Å². The molecule has 5 aliphatic rings. The van der Waals surface area contributed by atoms with Gasteiger partial charge in [-0.2, -0.15) is 0 Å². The molecule has 0 N–H and O–H groups in total. The van der Waals surface area contributed by atoms with Gasteiger partial charge >= 0.3 is 0 Å². The van der Waals surface area contributed by atoms with E-state index >= 15 is 4.39 Å². The van der Waals surface area contributed by atoms with Gasteiger partial charge in [-0.1, -0.05) is 58.8 Å². The minimum atomic E-state index is -0.837. The number of rotatable bonds is 5. The summed E-state index contributed by atoms with van der Waals surface area (Å²) >= 11 is 0. The second-order valence-corrected chi connectivity index (χ2v) is 13.4. The molecule has 1 atom stereocenters. The average molecular weight is 459 g/mol. The zero-order valence-corrected chi connectivity index (χ0v) is 21.8. The van der Waals surface area contributed by atoms with Crippen LogP contribution in [0.15, 0.2) is 0 Å². The van der Waals surface area contributed by atoms with Gasteiger partial charge in [-0.3, -0.25) is 4.79 Å². The number of Topliss-reactive ketones (excluding diaryl/α,β-unsaturated/α-hetero) is 1. The first-order valence-electron chi connectivity index (χ1n) is 15.2. The van der Waals surface area contributed by atoms with Gasteiger partial charge in [0.2, 0.25) is 0 Å². The summed E-state index contributed by atoms with van der Waals surface area (Å²) in [5.41, 5.74) is -1.13. The second-order valence-electron chi connectivity index (χ2n) is 13.4. The Bertz CT molecular complexity index is 652. The van der Waals surface area contributed by atoms with Gasteiger partial charge in [-0.05, 0) is 113 Å². The molecule has 5 saturated carbocycles. The van der Waals surface area contributed by atoms with Crippen LogP contribution in [0.25, 0.3) is 0 Å². The summed E-state index contributed by atoms with van der Waals surface area (Å²) in [5, 5.41) is 0. The predicted octanol–water partition coefficient (Wildman–Crippen LogP) is 9.08. The van der Waals surface area contributed by atoms with Crippen molar-refractivity contribution in [2.45, 2.75) is 142 Å². The Balaban J connectivity index is 1.11. The van der Waals surface area contributed by atoms with E-state index in [1.54, 1.807) is 0 Å². The van der Waals surface area contributed by atoms with Crippen LogP contribution >= 0.6 is 0 Å². The van der Waals surface area contributed by atoms with E-state index in [-0.39, 0.29) is 0 Å². The Morgan fingerprint density at radius 3 is 1.39 bits per heavy atom. The average Bonchev–Trinajstić information content (AvgIpc) is 2.89. The fourth-order valence-corrected chi connectivity index (χ4v) is 9.82. The van der Waals surface area contributed by atoms with E-state index in [2.05, 4.69) is 13.8 Å². The van der Waals surface area contributed by atoms with Gasteiger partial charge in [0.05, 0.1) is 10.8 Å². The van der Waals surface area contributed by atoms with Crippen molar-refractivity contribution in [3.63, 3.8) is 0 Å². The molecule has 0 aromatic rings. The van der Waals surface area contributed by atoms with Gasteiger partial charge in [-0.25, -0.2) is 4.39 Å². The third-order valence-electron chi connectivity index (χ3n) is 12.1. The van der Waals surface area contributed by atoms with E-state index in [1.165, 1.54) is 70.6 Å². The van der Waals surface area contributed by atoms with Gasteiger partial charge in [0, 0.05) is 0 Å². The molecule has 0 bridgehead atoms. The lowest BCUT2D eigenvalue weighted by Crippen LogP contribution is -2.69. The van der Waals surface area contributed by atoms with Crippen LogP contribution in [-0.2, 0) is 4.79 Å². The highest BCUT2D eigenvalue weighted by molar-refractivity contribution is 5.98. The molecule has 0 aromatic carbocycles. The molecule has 0 unspecified atom stereocenters. The molecule has 5 rings (SSSR count). The van der Waals surface area contributed by atoms with E-state index in [0.29, 0.717) is 5.78 Å². The van der Waals surface area contributed by atoms with Crippen molar-refractivity contribution in [3.8, 4) is 0 Å². The van der Waals surface area contributed by atoms with Crippen LogP contribution in [0.2, 0.25) is 0 Å². The standard InChI is InChI=1S/C31H51FO/c1-3-5-23-8-12-25(13-9-23)27-16-20-31(21-17-27)28(32)30(29(31)33)18-14-26(15-19-30)24-10-6-22(4-2)7-11-24/h22-28H,3-21H2,1-2H3/t22?,23?,24?,25?,26?,27?,28-,30?,31?/m1/s1. The highest BCUT2D eigenvalue weighted by atomic mass is 19.1. The molecular weight excluding hydrogens is 407 g/mol. The summed E-state index contributed by atoms with van der Waals surface area (Å²) in [4.78, 5) is 13.6. The monoisotopic (exact) mass is 458 g/mol. The Hall–Kier alpha value is -0.400. The van der Waals surface area contributed by atoms with Crippen molar-refractivity contribution in [2.75, 3.05) is 0 Å². The quantitative estimate of drug-likeness (QED) is 0.401. The topological polar surface area (TPSA) is 17.1 Å². The minimum Gasteiger partial charge on any atom is -0.298 e. The molecular formula is C31H51FO. The fraction of sp³-hybridized carbons (Fsp3) is 0.968. The maximum absolute atomic E-state index is 16.0. The van der Waals surface area contributed by atoms with Crippen molar-refractivity contribution in [1.29, 1.82) is 0 Å². The van der Waals surface area contributed by atoms with Crippen LogP contribution in [0.1, 0.15) is 136 Å². The van der Waals surface area contributed by atoms with Crippen molar-refractivity contribution >= 4 is 5.78 Å². The molecule has 0 aromatic heterocycles. The SMILES string of the molecule is CCCC1CCC(C2CCC3(CC2)C(=O)C2(CCC(C4CCC(CC)CC4)CC2)[C@H]3F)CC1. The van der Waals surface area contributed by atoms with E-state index in [0.717, 1.165) is 86.9 Å². The molecule has 0 radical (unpaired) electrons. The number of carbonyl (C=O) groups is 1. The summed E-state index contributed by atoms with van der Waals surface area (Å²) in [6.45, 7) is 4.65. The maximum atomic E-state index is 16.0. The predicted molar refractivity (Wildman–Crippen MR) is 135 cm³/mol. The van der Waals surface area contributed by atoms with Gasteiger partial charge in [0.1, 0.15) is 6.17 Å². The Morgan fingerprint density at radius 1 is 0.636 bits per heavy atom. The van der Waals surface area contributed by atoms with Crippen molar-refractivity contribution < 1.29 is 9.18 Å². The van der Waals surface area contributed by atoms with E-state index in [1.807, 2.05) is 0 Å². The van der Waals surface area contributed by atoms with Gasteiger partial charge in [-0.15, -0.1) is 0 Å². The molecule has 0 saturated heterocycles. The normalized spacial score (nSPS) is 48.7. The first-order chi connectivity index (χ1) is 16.0. The molecule has 5 aliphatic carbocycles. The number of alkyl halides is 1. The van der Waals surface area contributed by atoms with Crippen molar-refractivity contribution in [3.05, 3.63) is 0 Å². The molecule has 188 valence electrons. The molecule has 2 heteroatoms. The van der Waals surface area contributed by atoms with Crippen LogP contribution in [0.4, 0.5) is 4.39 Å².